The van der Waals surface area contributed by atoms with Crippen LogP contribution in [0.5, 0.6) is 0 Å². The summed E-state index contributed by atoms with van der Waals surface area (Å²) in [5.41, 5.74) is 7.09. The van der Waals surface area contributed by atoms with Gasteiger partial charge in [-0.3, -0.25) is 4.79 Å². The van der Waals surface area contributed by atoms with Crippen LogP contribution in [-0.2, 0) is 14.9 Å². The zero-order valence-corrected chi connectivity index (χ0v) is 25.8. The maximum absolute atomic E-state index is 14.9. The van der Waals surface area contributed by atoms with E-state index in [1.807, 2.05) is 34.6 Å². The number of methoxy groups -OCH3 is 1. The summed E-state index contributed by atoms with van der Waals surface area (Å²) in [6, 6.07) is 6.65. The maximum atomic E-state index is 14.9. The van der Waals surface area contributed by atoms with Crippen LogP contribution < -0.4 is 5.73 Å². The van der Waals surface area contributed by atoms with Gasteiger partial charge in [-0.2, -0.15) is 0 Å². The van der Waals surface area contributed by atoms with Crippen LogP contribution in [0.3, 0.4) is 0 Å². The van der Waals surface area contributed by atoms with Crippen molar-refractivity contribution in [3.05, 3.63) is 46.6 Å². The van der Waals surface area contributed by atoms with Gasteiger partial charge in [0.2, 0.25) is 11.7 Å². The largest absolute Gasteiger partial charge is 0.396 e. The van der Waals surface area contributed by atoms with E-state index in [-0.39, 0.29) is 22.0 Å². The molecule has 3 aromatic rings. The molecule has 10 heteroatoms. The molecular formula is C29H41ClFN5O2S. The molecule has 4 rings (SSSR count). The molecule has 1 aliphatic rings. The number of likely N-dealkylation sites (tertiary alicyclic amines) is 1. The molecule has 0 atom stereocenters. The van der Waals surface area contributed by atoms with Crippen molar-refractivity contribution >= 4 is 35.0 Å². The number of rotatable bonds is 5. The minimum atomic E-state index is -0.502. The summed E-state index contributed by atoms with van der Waals surface area (Å²) >= 11 is 7.52. The molecule has 1 aromatic carbocycles. The smallest absolute Gasteiger partial charge is 0.222 e. The van der Waals surface area contributed by atoms with Crippen LogP contribution in [0.4, 0.5) is 10.1 Å². The van der Waals surface area contributed by atoms with Gasteiger partial charge in [0.15, 0.2) is 5.82 Å². The molecule has 1 saturated heterocycles. The Morgan fingerprint density at radius 1 is 1.13 bits per heavy atom. The number of halogens is 2. The molecular weight excluding hydrogens is 537 g/mol. The molecule has 1 aliphatic heterocycles. The van der Waals surface area contributed by atoms with Crippen molar-refractivity contribution in [2.75, 3.05) is 25.9 Å². The summed E-state index contributed by atoms with van der Waals surface area (Å²) < 4.78 is 19.9. The number of carbonyl (C=O) groups is 1. The fourth-order valence-electron chi connectivity index (χ4n) is 4.05. The predicted molar refractivity (Wildman–Crippen MR) is 159 cm³/mol. The minimum Gasteiger partial charge on any atom is -0.396 e. The molecule has 0 spiro atoms. The average molecular weight is 578 g/mol. The van der Waals surface area contributed by atoms with E-state index >= 15 is 0 Å². The number of amides is 1. The van der Waals surface area contributed by atoms with E-state index in [0.717, 1.165) is 42.2 Å². The number of benzene rings is 1. The third-order valence-corrected chi connectivity index (χ3v) is 8.23. The van der Waals surface area contributed by atoms with Crippen LogP contribution in [0.1, 0.15) is 66.3 Å². The number of aromatic nitrogens is 3. The summed E-state index contributed by atoms with van der Waals surface area (Å²) in [5, 5.41) is 1.01. The maximum Gasteiger partial charge on any atom is 0.222 e. The molecule has 1 amide bonds. The Morgan fingerprint density at radius 3 is 2.28 bits per heavy atom. The highest BCUT2D eigenvalue weighted by molar-refractivity contribution is 7.15. The van der Waals surface area contributed by atoms with E-state index in [1.54, 1.807) is 36.4 Å². The van der Waals surface area contributed by atoms with Gasteiger partial charge in [-0.15, -0.1) is 11.3 Å². The second kappa shape index (κ2) is 14.1. The van der Waals surface area contributed by atoms with Gasteiger partial charge in [0.25, 0.3) is 0 Å². The van der Waals surface area contributed by atoms with Crippen LogP contribution in [0.2, 0.25) is 5.28 Å². The summed E-state index contributed by atoms with van der Waals surface area (Å²) in [5.74, 6) is -0.159. The lowest BCUT2D eigenvalue weighted by atomic mass is 9.74. The number of anilines is 1. The number of nitrogens with zero attached hydrogens (tertiary/aromatic N) is 4. The third-order valence-electron chi connectivity index (χ3n) is 6.63. The van der Waals surface area contributed by atoms with Crippen LogP contribution in [0.15, 0.2) is 30.5 Å². The van der Waals surface area contributed by atoms with Crippen molar-refractivity contribution in [1.29, 1.82) is 0 Å². The van der Waals surface area contributed by atoms with Crippen molar-refractivity contribution in [2.45, 2.75) is 72.3 Å². The summed E-state index contributed by atoms with van der Waals surface area (Å²) in [6.07, 6.45) is 4.26. The molecule has 3 heterocycles. The molecule has 2 N–H and O–H groups in total. The topological polar surface area (TPSA) is 94.2 Å². The van der Waals surface area contributed by atoms with Crippen molar-refractivity contribution in [1.82, 2.24) is 19.9 Å². The fraction of sp³-hybridized carbons (Fsp3) is 0.517. The van der Waals surface area contributed by atoms with Crippen LogP contribution in [0.25, 0.3) is 21.8 Å². The van der Waals surface area contributed by atoms with Gasteiger partial charge in [0.1, 0.15) is 0 Å². The zero-order valence-electron chi connectivity index (χ0n) is 24.2. The monoisotopic (exact) mass is 577 g/mol. The first-order chi connectivity index (χ1) is 18.4. The van der Waals surface area contributed by atoms with Gasteiger partial charge >= 0.3 is 0 Å². The Hall–Kier alpha value is -2.62. The number of ether oxygens (including phenoxy) is 1. The van der Waals surface area contributed by atoms with Gasteiger partial charge in [0.05, 0.1) is 32.6 Å². The van der Waals surface area contributed by atoms with Gasteiger partial charge in [-0.05, 0) is 69.3 Å². The fourth-order valence-corrected chi connectivity index (χ4v) is 5.43. The lowest BCUT2D eigenvalue weighted by Gasteiger charge is -2.38. The van der Waals surface area contributed by atoms with Gasteiger partial charge in [-0.25, -0.2) is 19.3 Å². The highest BCUT2D eigenvalue weighted by Crippen LogP contribution is 2.45. The molecule has 39 heavy (non-hydrogen) atoms. The predicted octanol–water partition coefficient (Wildman–Crippen LogP) is 7.25. The van der Waals surface area contributed by atoms with Gasteiger partial charge < -0.3 is 15.4 Å². The number of piperidine rings is 1. The number of nitrogen functional groups attached to an aromatic ring is 1. The molecule has 0 radical (unpaired) electrons. The number of hydrogen-bond acceptors (Lipinski definition) is 7. The zero-order chi connectivity index (χ0) is 29.4. The Morgan fingerprint density at radius 2 is 1.74 bits per heavy atom. The number of hydrogen-bond donors (Lipinski definition) is 1. The lowest BCUT2D eigenvalue weighted by Crippen LogP contribution is -2.40. The Labute approximate surface area is 241 Å². The van der Waals surface area contributed by atoms with Crippen LogP contribution in [-0.4, -0.2) is 52.1 Å². The van der Waals surface area contributed by atoms with Crippen molar-refractivity contribution in [3.8, 4) is 21.8 Å². The second-order valence-electron chi connectivity index (χ2n) is 10.6. The van der Waals surface area contributed by atoms with Crippen LogP contribution in [0, 0.1) is 11.7 Å². The number of carbonyl (C=O) groups excluding carboxylic acids is 1. The third kappa shape index (κ3) is 8.43. The average Bonchev–Trinajstić information content (AvgIpc) is 3.38. The van der Waals surface area contributed by atoms with Crippen molar-refractivity contribution < 1.29 is 13.9 Å². The first-order valence-corrected chi connectivity index (χ1v) is 14.4. The molecule has 2 aromatic heterocycles. The molecule has 0 unspecified atom stereocenters. The SMILES string of the molecule is CC.CC(C)(c1nc(-c2cccc(N)c2F)c(-c2ccnc(Cl)n2)s1)C1CCN(C=O)CC1.COC(C)(C)C. The Kier molecular flexibility index (Phi) is 11.8. The molecule has 0 bridgehead atoms. The first kappa shape index (κ1) is 32.6. The van der Waals surface area contributed by atoms with Crippen molar-refractivity contribution in [3.63, 3.8) is 0 Å². The van der Waals surface area contributed by atoms with Crippen molar-refractivity contribution in [2.24, 2.45) is 5.92 Å². The molecule has 7 nitrogen and oxygen atoms in total. The minimum absolute atomic E-state index is 0.0417. The van der Waals surface area contributed by atoms with E-state index in [2.05, 4.69) is 23.8 Å². The quantitative estimate of drug-likeness (QED) is 0.195. The Balaban J connectivity index is 0.000000590. The summed E-state index contributed by atoms with van der Waals surface area (Å²) in [6.45, 7) is 15.8. The normalized spacial score (nSPS) is 14.2. The van der Waals surface area contributed by atoms with E-state index < -0.39 is 5.82 Å². The molecule has 1 fully saturated rings. The molecule has 0 aliphatic carbocycles. The highest BCUT2D eigenvalue weighted by atomic mass is 35.5. The second-order valence-corrected chi connectivity index (χ2v) is 11.9. The standard InChI is InChI=1S/C22H23ClFN5OS.C5H12O.C2H6/c1-22(2,13-7-10-29(12-30)11-8-13)20-28-18(14-4-3-5-15(25)17(14)24)19(31-20)16-6-9-26-21(23)27-16;1-5(2,3)6-4;1-2/h3-6,9,12-13H,7-8,10-11,25H2,1-2H3;1-4H3;1-2H3. The van der Waals surface area contributed by atoms with Crippen LogP contribution >= 0.6 is 22.9 Å². The summed E-state index contributed by atoms with van der Waals surface area (Å²) in [7, 11) is 1.71. The van der Waals surface area contributed by atoms with E-state index in [1.165, 1.54) is 17.4 Å². The van der Waals surface area contributed by atoms with Gasteiger partial charge in [0, 0.05) is 37.4 Å². The summed E-state index contributed by atoms with van der Waals surface area (Å²) in [4.78, 5) is 26.8. The Bertz CT molecular complexity index is 1220. The first-order valence-electron chi connectivity index (χ1n) is 13.2. The molecule has 214 valence electrons. The lowest BCUT2D eigenvalue weighted by molar-refractivity contribution is -0.119. The molecule has 0 saturated carbocycles. The van der Waals surface area contributed by atoms with E-state index in [9.17, 15) is 9.18 Å². The van der Waals surface area contributed by atoms with E-state index in [0.29, 0.717) is 22.9 Å². The highest BCUT2D eigenvalue weighted by Gasteiger charge is 2.37. The van der Waals surface area contributed by atoms with E-state index in [4.69, 9.17) is 27.1 Å². The number of thiazole rings is 1. The van der Waals surface area contributed by atoms with Gasteiger partial charge in [-0.1, -0.05) is 33.8 Å². The number of nitrogens with two attached hydrogens (primary N) is 1.